The van der Waals surface area contributed by atoms with Gasteiger partial charge in [0.25, 0.3) is 0 Å². The van der Waals surface area contributed by atoms with Gasteiger partial charge in [-0.3, -0.25) is 4.90 Å². The molecule has 0 aromatic heterocycles. The maximum atomic E-state index is 5.21. The molecular formula is C21H36N4O. The quantitative estimate of drug-likeness (QED) is 0.553. The van der Waals surface area contributed by atoms with Crippen LogP contribution in [-0.2, 0) is 17.8 Å². The van der Waals surface area contributed by atoms with E-state index < -0.39 is 0 Å². The molecule has 1 aromatic rings. The highest BCUT2D eigenvalue weighted by atomic mass is 16.5. The van der Waals surface area contributed by atoms with E-state index in [9.17, 15) is 0 Å². The van der Waals surface area contributed by atoms with Gasteiger partial charge in [0, 0.05) is 32.8 Å². The number of methoxy groups -OCH3 is 1. The summed E-state index contributed by atoms with van der Waals surface area (Å²) in [5, 5.41) is 6.72. The van der Waals surface area contributed by atoms with Crippen molar-refractivity contribution in [3.05, 3.63) is 35.4 Å². The Bertz CT molecular complexity index is 561. The van der Waals surface area contributed by atoms with E-state index in [0.717, 1.165) is 25.0 Å². The van der Waals surface area contributed by atoms with Crippen LogP contribution in [-0.4, -0.2) is 50.3 Å². The van der Waals surface area contributed by atoms with Crippen LogP contribution in [0.4, 0.5) is 0 Å². The molecular weight excluding hydrogens is 324 g/mol. The molecule has 5 nitrogen and oxygen atoms in total. The highest BCUT2D eigenvalue weighted by Crippen LogP contribution is 2.19. The Hall–Kier alpha value is -1.59. The van der Waals surface area contributed by atoms with Crippen molar-refractivity contribution in [2.75, 3.05) is 33.4 Å². The van der Waals surface area contributed by atoms with Gasteiger partial charge in [-0.15, -0.1) is 0 Å². The number of hydrogen-bond donors (Lipinski definition) is 2. The van der Waals surface area contributed by atoms with Crippen LogP contribution >= 0.6 is 0 Å². The second kappa shape index (κ2) is 11.2. The van der Waals surface area contributed by atoms with Gasteiger partial charge in [-0.1, -0.05) is 31.2 Å². The predicted octanol–water partition coefficient (Wildman–Crippen LogP) is 3.01. The van der Waals surface area contributed by atoms with Gasteiger partial charge in [0.05, 0.1) is 13.2 Å². The molecule has 2 rings (SSSR count). The molecule has 2 unspecified atom stereocenters. The summed E-state index contributed by atoms with van der Waals surface area (Å²) in [5.74, 6) is 1.65. The monoisotopic (exact) mass is 360 g/mol. The van der Waals surface area contributed by atoms with Gasteiger partial charge < -0.3 is 15.4 Å². The summed E-state index contributed by atoms with van der Waals surface area (Å²) in [6, 6.07) is 8.93. The molecule has 1 saturated heterocycles. The molecule has 1 aliphatic rings. The molecule has 0 aliphatic carbocycles. The fraction of sp³-hybridized carbons (Fsp3) is 0.667. The van der Waals surface area contributed by atoms with E-state index in [1.165, 1.54) is 37.1 Å². The lowest BCUT2D eigenvalue weighted by Gasteiger charge is -2.31. The molecule has 5 heteroatoms. The van der Waals surface area contributed by atoms with Gasteiger partial charge in [0.2, 0.25) is 0 Å². The highest BCUT2D eigenvalue weighted by Gasteiger charge is 2.17. The van der Waals surface area contributed by atoms with E-state index >= 15 is 0 Å². The van der Waals surface area contributed by atoms with Gasteiger partial charge in [-0.2, -0.15) is 0 Å². The van der Waals surface area contributed by atoms with Crippen molar-refractivity contribution < 1.29 is 4.74 Å². The summed E-state index contributed by atoms with van der Waals surface area (Å²) in [6.07, 6.45) is 2.67. The lowest BCUT2D eigenvalue weighted by Crippen LogP contribution is -2.43. The van der Waals surface area contributed by atoms with Crippen molar-refractivity contribution >= 4 is 5.96 Å². The predicted molar refractivity (Wildman–Crippen MR) is 109 cm³/mol. The minimum Gasteiger partial charge on any atom is -0.383 e. The zero-order valence-electron chi connectivity index (χ0n) is 16.9. The first-order chi connectivity index (χ1) is 12.6. The number of likely N-dealkylation sites (tertiary alicyclic amines) is 1. The van der Waals surface area contributed by atoms with E-state index in [0.29, 0.717) is 13.2 Å². The molecule has 0 radical (unpaired) electrons. The molecule has 26 heavy (non-hydrogen) atoms. The second-order valence-electron chi connectivity index (χ2n) is 7.45. The molecule has 0 saturated carbocycles. The minimum atomic E-state index is 0.225. The molecule has 0 bridgehead atoms. The molecule has 1 heterocycles. The van der Waals surface area contributed by atoms with E-state index in [1.807, 2.05) is 0 Å². The van der Waals surface area contributed by atoms with E-state index in [4.69, 9.17) is 9.73 Å². The van der Waals surface area contributed by atoms with E-state index in [1.54, 1.807) is 7.11 Å². The first-order valence-corrected chi connectivity index (χ1v) is 9.95. The fourth-order valence-corrected chi connectivity index (χ4v) is 3.55. The number of piperidine rings is 1. The number of guanidine groups is 1. The number of benzene rings is 1. The maximum Gasteiger partial charge on any atom is 0.191 e. The van der Waals surface area contributed by atoms with Crippen LogP contribution in [0.25, 0.3) is 0 Å². The van der Waals surface area contributed by atoms with Crippen molar-refractivity contribution in [1.82, 2.24) is 15.5 Å². The molecule has 0 amide bonds. The average molecular weight is 361 g/mol. The average Bonchev–Trinajstić information content (AvgIpc) is 2.61. The zero-order valence-corrected chi connectivity index (χ0v) is 16.9. The number of hydrogen-bond acceptors (Lipinski definition) is 3. The largest absolute Gasteiger partial charge is 0.383 e. The van der Waals surface area contributed by atoms with Crippen LogP contribution in [0.1, 0.15) is 44.7 Å². The van der Waals surface area contributed by atoms with E-state index in [-0.39, 0.29) is 6.04 Å². The van der Waals surface area contributed by atoms with Gasteiger partial charge in [-0.25, -0.2) is 4.99 Å². The van der Waals surface area contributed by atoms with Crippen molar-refractivity contribution in [2.24, 2.45) is 10.9 Å². The SMILES string of the molecule is CCNC(=NCc1ccccc1CN1CCCC(C)C1)NC(C)COC. The Morgan fingerprint density at radius 1 is 1.35 bits per heavy atom. The molecule has 1 aliphatic heterocycles. The molecule has 2 atom stereocenters. The third-order valence-electron chi connectivity index (χ3n) is 4.80. The van der Waals surface area contributed by atoms with Gasteiger partial charge >= 0.3 is 0 Å². The fourth-order valence-electron chi connectivity index (χ4n) is 3.55. The van der Waals surface area contributed by atoms with Crippen molar-refractivity contribution in [2.45, 2.75) is 52.7 Å². The van der Waals surface area contributed by atoms with Crippen LogP contribution in [0.2, 0.25) is 0 Å². The van der Waals surface area contributed by atoms with Crippen LogP contribution in [0, 0.1) is 5.92 Å². The van der Waals surface area contributed by atoms with Gasteiger partial charge in [0.1, 0.15) is 0 Å². The van der Waals surface area contributed by atoms with Crippen molar-refractivity contribution in [3.63, 3.8) is 0 Å². The normalized spacial score (nSPS) is 20.0. The lowest BCUT2D eigenvalue weighted by atomic mass is 9.99. The molecule has 0 spiro atoms. The zero-order chi connectivity index (χ0) is 18.8. The maximum absolute atomic E-state index is 5.21. The standard InChI is InChI=1S/C21H36N4O/c1-5-22-21(24-18(3)16-26-4)23-13-19-10-6-7-11-20(19)15-25-12-8-9-17(2)14-25/h6-7,10-11,17-18H,5,8-9,12-16H2,1-4H3,(H2,22,23,24). The summed E-state index contributed by atoms with van der Waals surface area (Å²) in [6.45, 7) is 12.2. The molecule has 146 valence electrons. The second-order valence-corrected chi connectivity index (χ2v) is 7.45. The first-order valence-electron chi connectivity index (χ1n) is 9.95. The lowest BCUT2D eigenvalue weighted by molar-refractivity contribution is 0.176. The third-order valence-corrected chi connectivity index (χ3v) is 4.80. The number of nitrogens with zero attached hydrogens (tertiary/aromatic N) is 2. The van der Waals surface area contributed by atoms with Crippen LogP contribution < -0.4 is 10.6 Å². The van der Waals surface area contributed by atoms with Crippen molar-refractivity contribution in [1.29, 1.82) is 0 Å². The minimum absolute atomic E-state index is 0.225. The highest BCUT2D eigenvalue weighted by molar-refractivity contribution is 5.80. The number of ether oxygens (including phenoxy) is 1. The summed E-state index contributed by atoms with van der Waals surface area (Å²) < 4.78 is 5.21. The molecule has 1 aromatic carbocycles. The Kier molecular flexibility index (Phi) is 8.92. The van der Waals surface area contributed by atoms with Gasteiger partial charge in [0.15, 0.2) is 5.96 Å². The summed E-state index contributed by atoms with van der Waals surface area (Å²) >= 11 is 0. The molecule has 2 N–H and O–H groups in total. The smallest absolute Gasteiger partial charge is 0.191 e. The van der Waals surface area contributed by atoms with E-state index in [2.05, 4.69) is 60.6 Å². The molecule has 1 fully saturated rings. The Labute approximate surface area is 159 Å². The van der Waals surface area contributed by atoms with Crippen LogP contribution in [0.15, 0.2) is 29.3 Å². The Morgan fingerprint density at radius 2 is 2.12 bits per heavy atom. The van der Waals surface area contributed by atoms with Crippen LogP contribution in [0.5, 0.6) is 0 Å². The van der Waals surface area contributed by atoms with Crippen molar-refractivity contribution in [3.8, 4) is 0 Å². The number of nitrogens with one attached hydrogen (secondary N) is 2. The first kappa shape index (κ1) is 20.7. The summed E-state index contributed by atoms with van der Waals surface area (Å²) in [7, 11) is 1.72. The summed E-state index contributed by atoms with van der Waals surface area (Å²) in [4.78, 5) is 7.38. The van der Waals surface area contributed by atoms with Crippen LogP contribution in [0.3, 0.4) is 0 Å². The third kappa shape index (κ3) is 6.96. The van der Waals surface area contributed by atoms with Gasteiger partial charge in [-0.05, 0) is 50.3 Å². The Balaban J connectivity index is 2.02. The summed E-state index contributed by atoms with van der Waals surface area (Å²) in [5.41, 5.74) is 2.70. The number of rotatable bonds is 8. The number of aliphatic imine (C=N–C) groups is 1. The Morgan fingerprint density at radius 3 is 2.81 bits per heavy atom. The topological polar surface area (TPSA) is 48.9 Å².